The molecule has 0 fully saturated rings. The fraction of sp³-hybridized carbons (Fsp3) is 0.250. The number of nitrogens with one attached hydrogen (secondary N) is 2. The average Bonchev–Trinajstić information content (AvgIpc) is 2.47. The van der Waals surface area contributed by atoms with E-state index in [2.05, 4.69) is 17.3 Å². The Morgan fingerprint density at radius 1 is 1.53 bits per heavy atom. The van der Waals surface area contributed by atoms with Gasteiger partial charge >= 0.3 is 0 Å². The van der Waals surface area contributed by atoms with Crippen LogP contribution in [0.5, 0.6) is 0 Å². The SMILES string of the molecule is CC(=N)/C(C)=C(\NN)C1=CCC#CC=C1. The zero-order valence-corrected chi connectivity index (χ0v) is 9.02. The van der Waals surface area contributed by atoms with Crippen LogP contribution in [-0.4, -0.2) is 5.71 Å². The van der Waals surface area contributed by atoms with Crippen LogP contribution in [0.15, 0.2) is 35.1 Å². The maximum Gasteiger partial charge on any atom is 0.0601 e. The Balaban J connectivity index is 3.09. The van der Waals surface area contributed by atoms with Crippen LogP contribution in [0.2, 0.25) is 0 Å². The first-order valence-electron chi connectivity index (χ1n) is 4.75. The van der Waals surface area contributed by atoms with Gasteiger partial charge in [0.1, 0.15) is 0 Å². The first-order chi connectivity index (χ1) is 7.16. The molecule has 0 atom stereocenters. The largest absolute Gasteiger partial charge is 0.323 e. The fourth-order valence-electron chi connectivity index (χ4n) is 1.26. The summed E-state index contributed by atoms with van der Waals surface area (Å²) in [5, 5.41) is 7.57. The van der Waals surface area contributed by atoms with E-state index in [1.807, 2.05) is 19.1 Å². The van der Waals surface area contributed by atoms with Crippen molar-refractivity contribution < 1.29 is 0 Å². The number of rotatable bonds is 3. The molecular weight excluding hydrogens is 186 g/mol. The molecule has 0 amide bonds. The van der Waals surface area contributed by atoms with Crippen LogP contribution in [0.3, 0.4) is 0 Å². The molecule has 0 saturated carbocycles. The molecule has 0 spiro atoms. The van der Waals surface area contributed by atoms with Crippen molar-refractivity contribution >= 4 is 5.71 Å². The van der Waals surface area contributed by atoms with Gasteiger partial charge in [-0.05, 0) is 37.1 Å². The van der Waals surface area contributed by atoms with Crippen molar-refractivity contribution in [1.82, 2.24) is 5.43 Å². The second-order valence-corrected chi connectivity index (χ2v) is 3.29. The van der Waals surface area contributed by atoms with Gasteiger partial charge in [0.2, 0.25) is 0 Å². The molecule has 0 aromatic rings. The monoisotopic (exact) mass is 201 g/mol. The van der Waals surface area contributed by atoms with Gasteiger partial charge in [0, 0.05) is 12.1 Å². The first-order valence-corrected chi connectivity index (χ1v) is 4.75. The van der Waals surface area contributed by atoms with Crippen molar-refractivity contribution in [2.45, 2.75) is 20.3 Å². The van der Waals surface area contributed by atoms with E-state index in [-0.39, 0.29) is 0 Å². The van der Waals surface area contributed by atoms with Crippen LogP contribution in [0.1, 0.15) is 20.3 Å². The van der Waals surface area contributed by atoms with Gasteiger partial charge in [-0.3, -0.25) is 5.84 Å². The van der Waals surface area contributed by atoms with E-state index in [4.69, 9.17) is 11.3 Å². The van der Waals surface area contributed by atoms with E-state index in [9.17, 15) is 0 Å². The summed E-state index contributed by atoms with van der Waals surface area (Å²) in [4.78, 5) is 0. The Kier molecular flexibility index (Phi) is 3.90. The van der Waals surface area contributed by atoms with Gasteiger partial charge in [0.15, 0.2) is 0 Å². The smallest absolute Gasteiger partial charge is 0.0601 e. The normalized spacial score (nSPS) is 15.5. The van der Waals surface area contributed by atoms with Crippen LogP contribution in [-0.2, 0) is 0 Å². The first kappa shape index (κ1) is 11.3. The average molecular weight is 201 g/mol. The van der Waals surface area contributed by atoms with Gasteiger partial charge in [-0.2, -0.15) is 0 Å². The molecule has 15 heavy (non-hydrogen) atoms. The summed E-state index contributed by atoms with van der Waals surface area (Å²) in [6.07, 6.45) is 6.40. The molecule has 0 heterocycles. The highest BCUT2D eigenvalue weighted by molar-refractivity contribution is 5.96. The molecule has 3 heteroatoms. The molecule has 0 aliphatic heterocycles. The van der Waals surface area contributed by atoms with E-state index in [0.717, 1.165) is 16.8 Å². The predicted molar refractivity (Wildman–Crippen MR) is 63.0 cm³/mol. The maximum atomic E-state index is 7.57. The Hall–Kier alpha value is -1.79. The van der Waals surface area contributed by atoms with Crippen LogP contribution >= 0.6 is 0 Å². The third kappa shape index (κ3) is 2.83. The predicted octanol–water partition coefficient (Wildman–Crippen LogP) is 1.65. The minimum Gasteiger partial charge on any atom is -0.323 e. The Morgan fingerprint density at radius 3 is 2.87 bits per heavy atom. The number of hydrogen-bond acceptors (Lipinski definition) is 3. The van der Waals surface area contributed by atoms with E-state index in [1.54, 1.807) is 13.0 Å². The van der Waals surface area contributed by atoms with Crippen molar-refractivity contribution in [2.75, 3.05) is 0 Å². The van der Waals surface area contributed by atoms with Crippen LogP contribution < -0.4 is 11.3 Å². The van der Waals surface area contributed by atoms with Gasteiger partial charge in [0.05, 0.1) is 5.70 Å². The lowest BCUT2D eigenvalue weighted by molar-refractivity contribution is 0.891. The van der Waals surface area contributed by atoms with E-state index in [0.29, 0.717) is 12.1 Å². The molecule has 78 valence electrons. The second-order valence-electron chi connectivity index (χ2n) is 3.29. The Morgan fingerprint density at radius 2 is 2.27 bits per heavy atom. The van der Waals surface area contributed by atoms with E-state index < -0.39 is 0 Å². The lowest BCUT2D eigenvalue weighted by Crippen LogP contribution is -2.24. The van der Waals surface area contributed by atoms with Crippen molar-refractivity contribution in [2.24, 2.45) is 5.84 Å². The summed E-state index contributed by atoms with van der Waals surface area (Å²) >= 11 is 0. The van der Waals surface area contributed by atoms with Crippen molar-refractivity contribution in [3.05, 3.63) is 35.1 Å². The highest BCUT2D eigenvalue weighted by atomic mass is 15.2. The van der Waals surface area contributed by atoms with Crippen LogP contribution in [0.25, 0.3) is 0 Å². The molecule has 3 nitrogen and oxygen atoms in total. The molecule has 1 rings (SSSR count). The van der Waals surface area contributed by atoms with Crippen LogP contribution in [0.4, 0.5) is 0 Å². The van der Waals surface area contributed by atoms with Crippen molar-refractivity contribution in [1.29, 1.82) is 5.41 Å². The summed E-state index contributed by atoms with van der Waals surface area (Å²) in [5.41, 5.74) is 5.74. The molecule has 1 aliphatic rings. The van der Waals surface area contributed by atoms with Gasteiger partial charge in [-0.1, -0.05) is 17.9 Å². The number of hydrazine groups is 1. The van der Waals surface area contributed by atoms with Gasteiger partial charge in [-0.25, -0.2) is 0 Å². The summed E-state index contributed by atoms with van der Waals surface area (Å²) in [5.74, 6) is 11.3. The third-order valence-corrected chi connectivity index (χ3v) is 2.24. The number of allylic oxidation sites excluding steroid dienone is 4. The van der Waals surface area contributed by atoms with Gasteiger partial charge in [0.25, 0.3) is 0 Å². The lowest BCUT2D eigenvalue weighted by atomic mass is 10.0. The van der Waals surface area contributed by atoms with Crippen molar-refractivity contribution in [3.8, 4) is 11.8 Å². The highest BCUT2D eigenvalue weighted by Crippen LogP contribution is 2.15. The molecule has 0 radical (unpaired) electrons. The number of hydrogen-bond donors (Lipinski definition) is 3. The second kappa shape index (κ2) is 5.18. The van der Waals surface area contributed by atoms with E-state index >= 15 is 0 Å². The molecule has 0 bridgehead atoms. The summed E-state index contributed by atoms with van der Waals surface area (Å²) in [6, 6.07) is 0. The maximum absolute atomic E-state index is 7.57. The fourth-order valence-corrected chi connectivity index (χ4v) is 1.26. The standard InChI is InChI=1S/C12H15N3/c1-9(10(2)13)12(15-14)11-7-5-3-4-6-8-11/h5,7-8,13,15H,6,14H2,1-2H3/b12-9-,13-10?. The summed E-state index contributed by atoms with van der Waals surface area (Å²) < 4.78 is 0. The third-order valence-electron chi connectivity index (χ3n) is 2.24. The Labute approximate surface area is 90.2 Å². The zero-order chi connectivity index (χ0) is 11.3. The van der Waals surface area contributed by atoms with Gasteiger partial charge in [-0.15, -0.1) is 0 Å². The molecule has 0 aromatic heterocycles. The quantitative estimate of drug-likeness (QED) is 0.281. The summed E-state index contributed by atoms with van der Waals surface area (Å²) in [6.45, 7) is 3.61. The number of nitrogens with two attached hydrogens (primary N) is 1. The molecule has 4 N–H and O–H groups in total. The molecular formula is C12H15N3. The molecule has 0 aromatic carbocycles. The van der Waals surface area contributed by atoms with Gasteiger partial charge < -0.3 is 10.8 Å². The molecule has 0 unspecified atom stereocenters. The minimum atomic E-state index is 0.502. The Bertz CT molecular complexity index is 414. The highest BCUT2D eigenvalue weighted by Gasteiger charge is 2.06. The minimum absolute atomic E-state index is 0.502. The lowest BCUT2D eigenvalue weighted by Gasteiger charge is -2.11. The molecule has 0 saturated heterocycles. The zero-order valence-electron chi connectivity index (χ0n) is 9.02. The topological polar surface area (TPSA) is 61.9 Å². The summed E-state index contributed by atoms with van der Waals surface area (Å²) in [7, 11) is 0. The van der Waals surface area contributed by atoms with Crippen molar-refractivity contribution in [3.63, 3.8) is 0 Å². The van der Waals surface area contributed by atoms with E-state index in [1.165, 1.54) is 0 Å². The van der Waals surface area contributed by atoms with Crippen LogP contribution in [0, 0.1) is 17.3 Å². The molecule has 1 aliphatic carbocycles.